The summed E-state index contributed by atoms with van der Waals surface area (Å²) in [5.74, 6) is 0.567. The van der Waals surface area contributed by atoms with Crippen molar-refractivity contribution in [2.24, 2.45) is 14.1 Å². The fraction of sp³-hybridized carbons (Fsp3) is 0.381. The van der Waals surface area contributed by atoms with Crippen molar-refractivity contribution in [2.45, 2.75) is 26.3 Å². The van der Waals surface area contributed by atoms with E-state index in [4.69, 9.17) is 5.10 Å². The van der Waals surface area contributed by atoms with E-state index < -0.39 is 0 Å². The highest BCUT2D eigenvalue weighted by Crippen LogP contribution is 2.41. The largest absolute Gasteiger partial charge is 0.338 e. The van der Waals surface area contributed by atoms with Gasteiger partial charge in [0, 0.05) is 63.5 Å². The van der Waals surface area contributed by atoms with Gasteiger partial charge in [-0.25, -0.2) is 4.39 Å². The van der Waals surface area contributed by atoms with E-state index in [1.54, 1.807) is 23.9 Å². The zero-order valence-corrected chi connectivity index (χ0v) is 16.8. The van der Waals surface area contributed by atoms with Gasteiger partial charge in [0.15, 0.2) is 5.82 Å². The standard InChI is InChI=1S/C21H23FN6O/c1-13(29)27-6-5-19-17(12-27)21(24-26(19)3)28-7-4-14-8-15(9-18(22)20(14)28)16-10-23-25(2)11-16/h8-11H,4-7,12H2,1-3H3. The van der Waals surface area contributed by atoms with Crippen LogP contribution in [0.3, 0.4) is 0 Å². The molecule has 0 fully saturated rings. The van der Waals surface area contributed by atoms with E-state index in [2.05, 4.69) is 5.10 Å². The minimum absolute atomic E-state index is 0.0552. The second-order valence-corrected chi connectivity index (χ2v) is 7.83. The Morgan fingerprint density at radius 3 is 2.69 bits per heavy atom. The topological polar surface area (TPSA) is 59.2 Å². The van der Waals surface area contributed by atoms with Crippen LogP contribution in [0.15, 0.2) is 24.5 Å². The van der Waals surface area contributed by atoms with Crippen LogP contribution in [0.5, 0.6) is 0 Å². The predicted molar refractivity (Wildman–Crippen MR) is 107 cm³/mol. The molecule has 0 bridgehead atoms. The van der Waals surface area contributed by atoms with E-state index in [-0.39, 0.29) is 11.7 Å². The van der Waals surface area contributed by atoms with Gasteiger partial charge in [-0.3, -0.25) is 14.2 Å². The van der Waals surface area contributed by atoms with Gasteiger partial charge in [-0.2, -0.15) is 10.2 Å². The molecule has 2 aliphatic heterocycles. The molecule has 0 N–H and O–H groups in total. The molecule has 29 heavy (non-hydrogen) atoms. The van der Waals surface area contributed by atoms with E-state index in [1.165, 1.54) is 0 Å². The van der Waals surface area contributed by atoms with Gasteiger partial charge in [-0.05, 0) is 29.7 Å². The number of aromatic nitrogens is 4. The van der Waals surface area contributed by atoms with Crippen molar-refractivity contribution in [3.05, 3.63) is 47.2 Å². The maximum atomic E-state index is 15.3. The van der Waals surface area contributed by atoms with Crippen LogP contribution in [0.2, 0.25) is 0 Å². The Hall–Kier alpha value is -3.16. The van der Waals surface area contributed by atoms with E-state index >= 15 is 4.39 Å². The van der Waals surface area contributed by atoms with E-state index in [0.29, 0.717) is 25.3 Å². The van der Waals surface area contributed by atoms with Crippen molar-refractivity contribution in [2.75, 3.05) is 18.0 Å². The summed E-state index contributed by atoms with van der Waals surface area (Å²) in [6, 6.07) is 3.62. The molecule has 5 rings (SSSR count). The first-order chi connectivity index (χ1) is 13.9. The van der Waals surface area contributed by atoms with Crippen LogP contribution in [0.25, 0.3) is 11.1 Å². The lowest BCUT2D eigenvalue weighted by atomic mass is 10.0. The molecule has 0 aliphatic carbocycles. The highest BCUT2D eigenvalue weighted by Gasteiger charge is 2.33. The number of carbonyl (C=O) groups is 1. The Morgan fingerprint density at radius 2 is 1.97 bits per heavy atom. The highest BCUT2D eigenvalue weighted by molar-refractivity contribution is 5.77. The van der Waals surface area contributed by atoms with Crippen molar-refractivity contribution < 1.29 is 9.18 Å². The number of fused-ring (bicyclic) bond motifs is 2. The number of amides is 1. The second kappa shape index (κ2) is 6.43. The Kier molecular flexibility index (Phi) is 3.97. The average Bonchev–Trinajstić information content (AvgIpc) is 3.39. The molecule has 4 heterocycles. The Bertz CT molecular complexity index is 1130. The number of halogens is 1. The lowest BCUT2D eigenvalue weighted by molar-refractivity contribution is -0.129. The number of rotatable bonds is 2. The summed E-state index contributed by atoms with van der Waals surface area (Å²) in [7, 11) is 3.77. The van der Waals surface area contributed by atoms with Crippen molar-refractivity contribution in [3.8, 4) is 11.1 Å². The fourth-order valence-electron chi connectivity index (χ4n) is 4.50. The molecule has 0 unspecified atom stereocenters. The van der Waals surface area contributed by atoms with Crippen molar-refractivity contribution in [1.29, 1.82) is 0 Å². The summed E-state index contributed by atoms with van der Waals surface area (Å²) in [6.45, 7) is 3.48. The summed E-state index contributed by atoms with van der Waals surface area (Å²) in [5, 5.41) is 8.91. The number of benzene rings is 1. The number of hydrogen-bond acceptors (Lipinski definition) is 4. The summed E-state index contributed by atoms with van der Waals surface area (Å²) in [5.41, 5.74) is 5.46. The lowest BCUT2D eigenvalue weighted by Gasteiger charge is -2.28. The number of aryl methyl sites for hydroxylation is 2. The van der Waals surface area contributed by atoms with Crippen molar-refractivity contribution in [1.82, 2.24) is 24.5 Å². The van der Waals surface area contributed by atoms with E-state index in [1.807, 2.05) is 40.8 Å². The van der Waals surface area contributed by atoms with Crippen LogP contribution in [-0.4, -0.2) is 43.5 Å². The first-order valence-electron chi connectivity index (χ1n) is 9.81. The zero-order valence-electron chi connectivity index (χ0n) is 16.8. The quantitative estimate of drug-likeness (QED) is 0.670. The van der Waals surface area contributed by atoms with Crippen LogP contribution in [0.1, 0.15) is 23.7 Å². The maximum absolute atomic E-state index is 15.3. The van der Waals surface area contributed by atoms with Gasteiger partial charge in [-0.15, -0.1) is 0 Å². The van der Waals surface area contributed by atoms with Crippen molar-refractivity contribution >= 4 is 17.4 Å². The van der Waals surface area contributed by atoms with Crippen molar-refractivity contribution in [3.63, 3.8) is 0 Å². The number of hydrogen-bond donors (Lipinski definition) is 0. The van der Waals surface area contributed by atoms with Gasteiger partial charge < -0.3 is 9.80 Å². The third-order valence-electron chi connectivity index (χ3n) is 5.98. The van der Waals surface area contributed by atoms with Crippen LogP contribution in [0, 0.1) is 5.82 Å². The molecule has 7 nitrogen and oxygen atoms in total. The van der Waals surface area contributed by atoms with Crippen LogP contribution < -0.4 is 4.90 Å². The van der Waals surface area contributed by atoms with E-state index in [9.17, 15) is 4.79 Å². The van der Waals surface area contributed by atoms with Gasteiger partial charge in [-0.1, -0.05) is 0 Å². The maximum Gasteiger partial charge on any atom is 0.219 e. The Labute approximate surface area is 168 Å². The molecule has 0 atom stereocenters. The zero-order chi connectivity index (χ0) is 20.3. The fourth-order valence-corrected chi connectivity index (χ4v) is 4.50. The molecule has 150 valence electrons. The Morgan fingerprint density at radius 1 is 1.14 bits per heavy atom. The molecule has 3 aromatic rings. The summed E-state index contributed by atoms with van der Waals surface area (Å²) < 4.78 is 18.8. The first-order valence-corrected chi connectivity index (χ1v) is 9.81. The molecule has 0 spiro atoms. The monoisotopic (exact) mass is 394 g/mol. The molecular weight excluding hydrogens is 371 g/mol. The van der Waals surface area contributed by atoms with Gasteiger partial charge in [0.25, 0.3) is 0 Å². The molecule has 8 heteroatoms. The predicted octanol–water partition coefficient (Wildman–Crippen LogP) is 2.56. The third kappa shape index (κ3) is 2.82. The molecule has 2 aromatic heterocycles. The average molecular weight is 394 g/mol. The first kappa shape index (κ1) is 17.9. The molecular formula is C21H23FN6O. The normalized spacial score (nSPS) is 15.6. The lowest BCUT2D eigenvalue weighted by Crippen LogP contribution is -2.35. The number of nitrogens with zero attached hydrogens (tertiary/aromatic N) is 6. The highest BCUT2D eigenvalue weighted by atomic mass is 19.1. The molecule has 0 saturated heterocycles. The minimum atomic E-state index is -0.252. The van der Waals surface area contributed by atoms with Gasteiger partial charge >= 0.3 is 0 Å². The smallest absolute Gasteiger partial charge is 0.219 e. The minimum Gasteiger partial charge on any atom is -0.338 e. The molecule has 0 saturated carbocycles. The summed E-state index contributed by atoms with van der Waals surface area (Å²) >= 11 is 0. The number of carbonyl (C=O) groups excluding carboxylic acids is 1. The van der Waals surface area contributed by atoms with E-state index in [0.717, 1.165) is 46.6 Å². The molecule has 0 radical (unpaired) electrons. The van der Waals surface area contributed by atoms with Gasteiger partial charge in [0.05, 0.1) is 18.4 Å². The SMILES string of the molecule is CC(=O)N1CCc2c(c(N3CCc4cc(-c5cnn(C)c5)cc(F)c43)nn2C)C1. The molecule has 2 aliphatic rings. The van der Waals surface area contributed by atoms with Crippen LogP contribution in [-0.2, 0) is 38.3 Å². The molecule has 1 amide bonds. The Balaban J connectivity index is 1.56. The van der Waals surface area contributed by atoms with Gasteiger partial charge in [0.1, 0.15) is 5.82 Å². The third-order valence-corrected chi connectivity index (χ3v) is 5.98. The number of anilines is 2. The second-order valence-electron chi connectivity index (χ2n) is 7.83. The molecule has 1 aromatic carbocycles. The van der Waals surface area contributed by atoms with Crippen LogP contribution >= 0.6 is 0 Å². The van der Waals surface area contributed by atoms with Crippen LogP contribution in [0.4, 0.5) is 15.9 Å². The summed E-state index contributed by atoms with van der Waals surface area (Å²) in [4.78, 5) is 15.7. The van der Waals surface area contributed by atoms with Gasteiger partial charge in [0.2, 0.25) is 5.91 Å². The summed E-state index contributed by atoms with van der Waals surface area (Å²) in [6.07, 6.45) is 5.16.